The summed E-state index contributed by atoms with van der Waals surface area (Å²) in [6, 6.07) is 6.09. The van der Waals surface area contributed by atoms with Crippen molar-refractivity contribution in [1.29, 1.82) is 0 Å². The molecular weight excluding hydrogens is 258 g/mol. The van der Waals surface area contributed by atoms with Crippen LogP contribution in [-0.2, 0) is 0 Å². The predicted molar refractivity (Wildman–Crippen MR) is 81.7 cm³/mol. The highest BCUT2D eigenvalue weighted by molar-refractivity contribution is 6.31. The van der Waals surface area contributed by atoms with Gasteiger partial charge in [0.05, 0.1) is 17.1 Å². The Bertz CT molecular complexity index is 535. The molecule has 0 spiro atoms. The Morgan fingerprint density at radius 1 is 1.37 bits per heavy atom. The Balaban J connectivity index is 2.22. The first kappa shape index (κ1) is 14.4. The highest BCUT2D eigenvalue weighted by Gasteiger charge is 2.17. The van der Waals surface area contributed by atoms with Gasteiger partial charge in [0.1, 0.15) is 5.82 Å². The molecule has 0 aliphatic heterocycles. The summed E-state index contributed by atoms with van der Waals surface area (Å²) in [5.41, 5.74) is 2.00. The maximum atomic E-state index is 6.01. The number of nitrogens with one attached hydrogen (secondary N) is 1. The summed E-state index contributed by atoms with van der Waals surface area (Å²) in [7, 11) is 0. The number of imidazole rings is 1. The van der Waals surface area contributed by atoms with Crippen molar-refractivity contribution in [2.75, 3.05) is 13.1 Å². The Hall–Kier alpha value is -1.06. The van der Waals surface area contributed by atoms with Crippen molar-refractivity contribution in [3.05, 3.63) is 29.0 Å². The zero-order valence-corrected chi connectivity index (χ0v) is 12.7. The number of halogens is 1. The number of hydrogen-bond donors (Lipinski definition) is 1. The standard InChI is InChI=1S/C15H22ClN3/c1-4-6-9-19(5-2)11(3)15-17-13-8-7-12(16)10-14(13)18-15/h7-8,10-11H,4-6,9H2,1-3H3,(H,17,18). The van der Waals surface area contributed by atoms with E-state index < -0.39 is 0 Å². The molecule has 0 bridgehead atoms. The van der Waals surface area contributed by atoms with Crippen LogP contribution in [0.1, 0.15) is 45.5 Å². The number of fused-ring (bicyclic) bond motifs is 1. The molecule has 1 heterocycles. The lowest BCUT2D eigenvalue weighted by molar-refractivity contribution is 0.212. The van der Waals surface area contributed by atoms with Gasteiger partial charge < -0.3 is 4.98 Å². The van der Waals surface area contributed by atoms with Crippen LogP contribution >= 0.6 is 11.6 Å². The van der Waals surface area contributed by atoms with Gasteiger partial charge in [-0.2, -0.15) is 0 Å². The molecule has 1 aromatic carbocycles. The van der Waals surface area contributed by atoms with Gasteiger partial charge in [0.15, 0.2) is 0 Å². The highest BCUT2D eigenvalue weighted by atomic mass is 35.5. The van der Waals surface area contributed by atoms with E-state index in [-0.39, 0.29) is 0 Å². The van der Waals surface area contributed by atoms with E-state index in [1.807, 2.05) is 18.2 Å². The van der Waals surface area contributed by atoms with E-state index in [0.29, 0.717) is 6.04 Å². The molecule has 3 nitrogen and oxygen atoms in total. The molecule has 2 rings (SSSR count). The average molecular weight is 280 g/mol. The molecule has 1 atom stereocenters. The molecule has 4 heteroatoms. The van der Waals surface area contributed by atoms with Gasteiger partial charge in [-0.05, 0) is 44.6 Å². The van der Waals surface area contributed by atoms with Crippen molar-refractivity contribution >= 4 is 22.6 Å². The number of H-pyrrole nitrogens is 1. The topological polar surface area (TPSA) is 31.9 Å². The maximum Gasteiger partial charge on any atom is 0.124 e. The summed E-state index contributed by atoms with van der Waals surface area (Å²) in [6.07, 6.45) is 2.45. The fourth-order valence-electron chi connectivity index (χ4n) is 2.36. The smallest absolute Gasteiger partial charge is 0.124 e. The molecule has 0 fully saturated rings. The van der Waals surface area contributed by atoms with Crippen molar-refractivity contribution in [1.82, 2.24) is 14.9 Å². The molecule has 0 saturated carbocycles. The number of benzene rings is 1. The third kappa shape index (κ3) is 3.28. The summed E-state index contributed by atoms with van der Waals surface area (Å²) in [4.78, 5) is 10.5. The van der Waals surface area contributed by atoms with Gasteiger partial charge in [-0.3, -0.25) is 4.90 Å². The lowest BCUT2D eigenvalue weighted by atomic mass is 10.2. The minimum Gasteiger partial charge on any atom is -0.341 e. The second-order valence-electron chi connectivity index (χ2n) is 4.94. The third-order valence-corrected chi connectivity index (χ3v) is 3.85. The SMILES string of the molecule is CCCCN(CC)C(C)c1nc2ccc(Cl)cc2[nH]1. The quantitative estimate of drug-likeness (QED) is 0.850. The van der Waals surface area contributed by atoms with Crippen LogP contribution in [0.25, 0.3) is 11.0 Å². The van der Waals surface area contributed by atoms with Crippen LogP contribution in [0.3, 0.4) is 0 Å². The van der Waals surface area contributed by atoms with Crippen LogP contribution in [0.15, 0.2) is 18.2 Å². The van der Waals surface area contributed by atoms with Crippen LogP contribution in [0.5, 0.6) is 0 Å². The molecular formula is C15H22ClN3. The monoisotopic (exact) mass is 279 g/mol. The maximum absolute atomic E-state index is 6.01. The van der Waals surface area contributed by atoms with Gasteiger partial charge in [0.2, 0.25) is 0 Å². The molecule has 0 saturated heterocycles. The number of hydrogen-bond acceptors (Lipinski definition) is 2. The third-order valence-electron chi connectivity index (χ3n) is 3.61. The van der Waals surface area contributed by atoms with Crippen LogP contribution in [0.2, 0.25) is 5.02 Å². The predicted octanol–water partition coefficient (Wildman–Crippen LogP) is 4.40. The zero-order valence-electron chi connectivity index (χ0n) is 11.9. The van der Waals surface area contributed by atoms with Gasteiger partial charge in [0.25, 0.3) is 0 Å². The van der Waals surface area contributed by atoms with Crippen molar-refractivity contribution in [2.45, 2.75) is 39.7 Å². The summed E-state index contributed by atoms with van der Waals surface area (Å²) < 4.78 is 0. The van der Waals surface area contributed by atoms with Crippen LogP contribution < -0.4 is 0 Å². The van der Waals surface area contributed by atoms with E-state index in [1.165, 1.54) is 12.8 Å². The van der Waals surface area contributed by atoms with E-state index in [1.54, 1.807) is 0 Å². The minimum atomic E-state index is 0.308. The molecule has 1 aromatic heterocycles. The Morgan fingerprint density at radius 3 is 2.84 bits per heavy atom. The minimum absolute atomic E-state index is 0.308. The molecule has 1 N–H and O–H groups in total. The fourth-order valence-corrected chi connectivity index (χ4v) is 2.53. The second kappa shape index (κ2) is 6.40. The van der Waals surface area contributed by atoms with Gasteiger partial charge in [0, 0.05) is 5.02 Å². The number of rotatable bonds is 6. The van der Waals surface area contributed by atoms with Crippen LogP contribution in [0, 0.1) is 0 Å². The van der Waals surface area contributed by atoms with E-state index in [0.717, 1.165) is 35.0 Å². The van der Waals surface area contributed by atoms with Gasteiger partial charge in [-0.15, -0.1) is 0 Å². The van der Waals surface area contributed by atoms with E-state index in [9.17, 15) is 0 Å². The Labute approximate surface area is 120 Å². The van der Waals surface area contributed by atoms with E-state index in [2.05, 4.69) is 35.6 Å². The zero-order chi connectivity index (χ0) is 13.8. The number of aromatic amines is 1. The largest absolute Gasteiger partial charge is 0.341 e. The fraction of sp³-hybridized carbons (Fsp3) is 0.533. The molecule has 1 unspecified atom stereocenters. The second-order valence-corrected chi connectivity index (χ2v) is 5.38. The van der Waals surface area contributed by atoms with Gasteiger partial charge in [-0.25, -0.2) is 4.98 Å². The molecule has 0 amide bonds. The van der Waals surface area contributed by atoms with Crippen molar-refractivity contribution in [3.8, 4) is 0 Å². The van der Waals surface area contributed by atoms with Crippen LogP contribution in [0.4, 0.5) is 0 Å². The Kier molecular flexibility index (Phi) is 4.83. The van der Waals surface area contributed by atoms with Gasteiger partial charge in [-0.1, -0.05) is 31.9 Å². The Morgan fingerprint density at radius 2 is 2.16 bits per heavy atom. The first-order chi connectivity index (χ1) is 9.15. The first-order valence-electron chi connectivity index (χ1n) is 7.05. The lowest BCUT2D eigenvalue weighted by Crippen LogP contribution is -2.28. The average Bonchev–Trinajstić information content (AvgIpc) is 2.82. The number of aromatic nitrogens is 2. The molecule has 0 aliphatic rings. The molecule has 2 aromatic rings. The lowest BCUT2D eigenvalue weighted by Gasteiger charge is -2.26. The van der Waals surface area contributed by atoms with Gasteiger partial charge >= 0.3 is 0 Å². The molecule has 0 radical (unpaired) electrons. The van der Waals surface area contributed by atoms with E-state index >= 15 is 0 Å². The van der Waals surface area contributed by atoms with Crippen molar-refractivity contribution in [2.24, 2.45) is 0 Å². The number of unbranched alkanes of at least 4 members (excludes halogenated alkanes) is 1. The summed E-state index contributed by atoms with van der Waals surface area (Å²) in [5.74, 6) is 1.02. The van der Waals surface area contributed by atoms with Crippen LogP contribution in [-0.4, -0.2) is 28.0 Å². The molecule has 19 heavy (non-hydrogen) atoms. The van der Waals surface area contributed by atoms with Crippen molar-refractivity contribution < 1.29 is 0 Å². The normalized spacial score (nSPS) is 13.3. The molecule has 0 aliphatic carbocycles. The van der Waals surface area contributed by atoms with Crippen molar-refractivity contribution in [3.63, 3.8) is 0 Å². The summed E-state index contributed by atoms with van der Waals surface area (Å²) in [6.45, 7) is 8.79. The van der Waals surface area contributed by atoms with E-state index in [4.69, 9.17) is 11.6 Å². The summed E-state index contributed by atoms with van der Waals surface area (Å²) in [5, 5.41) is 0.744. The molecule has 104 valence electrons. The summed E-state index contributed by atoms with van der Waals surface area (Å²) >= 11 is 6.01. The first-order valence-corrected chi connectivity index (χ1v) is 7.42. The highest BCUT2D eigenvalue weighted by Crippen LogP contribution is 2.23. The number of nitrogens with zero attached hydrogens (tertiary/aromatic N) is 2.